The fraction of sp³-hybridized carbons (Fsp3) is 0.917. The molecule has 2 aliphatic rings. The van der Waals surface area contributed by atoms with E-state index in [1.165, 1.54) is 31.4 Å². The normalized spacial score (nSPS) is 30.5. The van der Waals surface area contributed by atoms with Crippen molar-refractivity contribution in [1.82, 2.24) is 10.6 Å². The van der Waals surface area contributed by atoms with Crippen molar-refractivity contribution < 1.29 is 0 Å². The average Bonchev–Trinajstić information content (AvgIpc) is 2.97. The fourth-order valence-corrected chi connectivity index (χ4v) is 3.17. The van der Waals surface area contributed by atoms with Gasteiger partial charge < -0.3 is 10.6 Å². The molecule has 92 valence electrons. The predicted octanol–water partition coefficient (Wildman–Crippen LogP) is 1.99. The minimum Gasteiger partial charge on any atom is -0.357 e. The molecule has 2 N–H and O–H groups in total. The van der Waals surface area contributed by atoms with Crippen LogP contribution in [-0.2, 0) is 0 Å². The van der Waals surface area contributed by atoms with Crippen molar-refractivity contribution in [2.75, 3.05) is 18.8 Å². The van der Waals surface area contributed by atoms with Gasteiger partial charge in [-0.05, 0) is 45.3 Å². The van der Waals surface area contributed by atoms with Gasteiger partial charge in [-0.25, -0.2) is 0 Å². The van der Waals surface area contributed by atoms with Gasteiger partial charge in [0.25, 0.3) is 0 Å². The summed E-state index contributed by atoms with van der Waals surface area (Å²) in [5, 5.41) is 6.79. The predicted molar refractivity (Wildman–Crippen MR) is 72.2 cm³/mol. The molecule has 0 bridgehead atoms. The molecule has 1 heterocycles. The first-order valence-electron chi connectivity index (χ1n) is 6.41. The first kappa shape index (κ1) is 12.1. The second kappa shape index (κ2) is 5.30. The molecular weight excluding hydrogens is 218 g/mol. The fourth-order valence-electron chi connectivity index (χ4n) is 1.95. The second-order valence-corrected chi connectivity index (χ2v) is 6.70. The zero-order chi connectivity index (χ0) is 11.4. The van der Waals surface area contributed by atoms with E-state index in [9.17, 15) is 0 Å². The molecule has 3 nitrogen and oxygen atoms in total. The Morgan fingerprint density at radius 2 is 2.31 bits per heavy atom. The third kappa shape index (κ3) is 3.58. The Bertz CT molecular complexity index is 255. The van der Waals surface area contributed by atoms with Crippen LogP contribution >= 0.6 is 11.8 Å². The van der Waals surface area contributed by atoms with Crippen molar-refractivity contribution in [2.45, 2.75) is 50.3 Å². The van der Waals surface area contributed by atoms with Crippen LogP contribution in [0.1, 0.15) is 39.5 Å². The highest BCUT2D eigenvalue weighted by Crippen LogP contribution is 2.37. The summed E-state index contributed by atoms with van der Waals surface area (Å²) in [6, 6.07) is 0.682. The third-order valence-corrected chi connectivity index (χ3v) is 4.66. The van der Waals surface area contributed by atoms with Crippen LogP contribution in [0.3, 0.4) is 0 Å². The Morgan fingerprint density at radius 1 is 1.50 bits per heavy atom. The molecule has 0 aromatic rings. The van der Waals surface area contributed by atoms with Gasteiger partial charge in [-0.1, -0.05) is 0 Å². The van der Waals surface area contributed by atoms with Crippen molar-refractivity contribution in [2.24, 2.45) is 4.99 Å². The number of aliphatic imine (C=N–C) groups is 1. The van der Waals surface area contributed by atoms with Gasteiger partial charge in [0.15, 0.2) is 5.96 Å². The van der Waals surface area contributed by atoms with Crippen molar-refractivity contribution in [3.63, 3.8) is 0 Å². The highest BCUT2D eigenvalue weighted by atomic mass is 32.2. The standard InChI is InChI=1S/C12H23N3S/c1-3-13-11(15-10-5-6-10)14-9-12(2)7-4-8-16-12/h10H,3-9H2,1-2H3,(H2,13,14,15). The number of rotatable bonds is 4. The van der Waals surface area contributed by atoms with E-state index in [4.69, 9.17) is 4.99 Å². The lowest BCUT2D eigenvalue weighted by atomic mass is 10.1. The molecule has 1 saturated carbocycles. The number of hydrogen-bond acceptors (Lipinski definition) is 2. The topological polar surface area (TPSA) is 36.4 Å². The molecule has 0 radical (unpaired) electrons. The lowest BCUT2D eigenvalue weighted by molar-refractivity contribution is 0.614. The Kier molecular flexibility index (Phi) is 4.00. The van der Waals surface area contributed by atoms with E-state index >= 15 is 0 Å². The van der Waals surface area contributed by atoms with E-state index in [-0.39, 0.29) is 0 Å². The maximum Gasteiger partial charge on any atom is 0.191 e. The van der Waals surface area contributed by atoms with E-state index in [1.807, 2.05) is 0 Å². The summed E-state index contributed by atoms with van der Waals surface area (Å²) in [5.74, 6) is 2.32. The Balaban J connectivity index is 1.84. The van der Waals surface area contributed by atoms with Crippen molar-refractivity contribution in [3.8, 4) is 0 Å². The monoisotopic (exact) mass is 241 g/mol. The van der Waals surface area contributed by atoms with Gasteiger partial charge in [-0.15, -0.1) is 0 Å². The number of nitrogens with zero attached hydrogens (tertiary/aromatic N) is 1. The molecule has 4 heteroatoms. The molecule has 1 aliphatic carbocycles. The molecule has 0 aromatic heterocycles. The molecule has 1 unspecified atom stereocenters. The number of hydrogen-bond donors (Lipinski definition) is 2. The lowest BCUT2D eigenvalue weighted by Gasteiger charge is -2.20. The molecule has 0 aromatic carbocycles. The second-order valence-electron chi connectivity index (χ2n) is 5.02. The van der Waals surface area contributed by atoms with Gasteiger partial charge in [0.05, 0.1) is 6.54 Å². The molecule has 16 heavy (non-hydrogen) atoms. The Hall–Kier alpha value is -0.380. The molecule has 2 fully saturated rings. The zero-order valence-corrected chi connectivity index (χ0v) is 11.2. The van der Waals surface area contributed by atoms with Crippen LogP contribution < -0.4 is 10.6 Å². The van der Waals surface area contributed by atoms with E-state index in [1.54, 1.807) is 0 Å². The summed E-state index contributed by atoms with van der Waals surface area (Å²) in [4.78, 5) is 4.72. The zero-order valence-electron chi connectivity index (χ0n) is 10.4. The number of thioether (sulfide) groups is 1. The van der Waals surface area contributed by atoms with Crippen molar-refractivity contribution in [1.29, 1.82) is 0 Å². The minimum atomic E-state index is 0.381. The Labute approximate surface area is 103 Å². The molecule has 0 amide bonds. The largest absolute Gasteiger partial charge is 0.357 e. The van der Waals surface area contributed by atoms with Crippen molar-refractivity contribution in [3.05, 3.63) is 0 Å². The number of guanidine groups is 1. The van der Waals surface area contributed by atoms with Gasteiger partial charge in [0.1, 0.15) is 0 Å². The lowest BCUT2D eigenvalue weighted by Crippen LogP contribution is -2.39. The summed E-state index contributed by atoms with van der Waals surface area (Å²) < 4.78 is 0.381. The third-order valence-electron chi connectivity index (χ3n) is 3.13. The summed E-state index contributed by atoms with van der Waals surface area (Å²) in [7, 11) is 0. The minimum absolute atomic E-state index is 0.381. The van der Waals surface area contributed by atoms with Gasteiger partial charge in [-0.3, -0.25) is 4.99 Å². The SMILES string of the molecule is CCNC(=NCC1(C)CCCS1)NC1CC1. The van der Waals surface area contributed by atoms with Gasteiger partial charge in [0.2, 0.25) is 0 Å². The number of nitrogens with one attached hydrogen (secondary N) is 2. The highest BCUT2D eigenvalue weighted by molar-refractivity contribution is 8.00. The van der Waals surface area contributed by atoms with Crippen molar-refractivity contribution >= 4 is 17.7 Å². The van der Waals surface area contributed by atoms with Crippen LogP contribution in [0, 0.1) is 0 Å². The van der Waals surface area contributed by atoms with E-state index in [2.05, 4.69) is 36.2 Å². The van der Waals surface area contributed by atoms with Gasteiger partial charge in [0, 0.05) is 17.3 Å². The van der Waals surface area contributed by atoms with Gasteiger partial charge in [-0.2, -0.15) is 11.8 Å². The van der Waals surface area contributed by atoms with Crippen LogP contribution in [0.4, 0.5) is 0 Å². The summed E-state index contributed by atoms with van der Waals surface area (Å²) in [6.07, 6.45) is 5.26. The van der Waals surface area contributed by atoms with Crippen LogP contribution in [0.5, 0.6) is 0 Å². The van der Waals surface area contributed by atoms with Gasteiger partial charge >= 0.3 is 0 Å². The van der Waals surface area contributed by atoms with Crippen LogP contribution in [0.25, 0.3) is 0 Å². The molecule has 1 aliphatic heterocycles. The molecule has 1 atom stereocenters. The van der Waals surface area contributed by atoms with Crippen LogP contribution in [-0.4, -0.2) is 35.6 Å². The smallest absolute Gasteiger partial charge is 0.191 e. The molecular formula is C12H23N3S. The molecule has 2 rings (SSSR count). The summed E-state index contributed by atoms with van der Waals surface area (Å²) >= 11 is 2.08. The maximum absolute atomic E-state index is 4.72. The molecule has 1 saturated heterocycles. The van der Waals surface area contributed by atoms with Crippen LogP contribution in [0.15, 0.2) is 4.99 Å². The first-order chi connectivity index (χ1) is 7.72. The molecule has 0 spiro atoms. The average molecular weight is 241 g/mol. The quantitative estimate of drug-likeness (QED) is 0.584. The highest BCUT2D eigenvalue weighted by Gasteiger charge is 2.29. The summed E-state index contributed by atoms with van der Waals surface area (Å²) in [6.45, 7) is 6.35. The van der Waals surface area contributed by atoms with Crippen LogP contribution in [0.2, 0.25) is 0 Å². The van der Waals surface area contributed by atoms with E-state index < -0.39 is 0 Å². The maximum atomic E-state index is 4.72. The van der Waals surface area contributed by atoms with E-state index in [0.717, 1.165) is 19.0 Å². The first-order valence-corrected chi connectivity index (χ1v) is 7.39. The van der Waals surface area contributed by atoms with E-state index in [0.29, 0.717) is 10.8 Å². The Morgan fingerprint density at radius 3 is 2.88 bits per heavy atom. The summed E-state index contributed by atoms with van der Waals surface area (Å²) in [5.41, 5.74) is 0.